The van der Waals surface area contributed by atoms with Gasteiger partial charge in [-0.3, -0.25) is 4.79 Å². The van der Waals surface area contributed by atoms with Gasteiger partial charge in [0.15, 0.2) is 0 Å². The number of nitrogens with zero attached hydrogens (tertiary/aromatic N) is 1. The largest absolute Gasteiger partial charge is 0.383 e. The summed E-state index contributed by atoms with van der Waals surface area (Å²) >= 11 is 0. The molecule has 0 bridgehead atoms. The number of amides is 1. The van der Waals surface area contributed by atoms with Gasteiger partial charge in [0.25, 0.3) is 0 Å². The van der Waals surface area contributed by atoms with Crippen LogP contribution in [-0.2, 0) is 14.8 Å². The van der Waals surface area contributed by atoms with Crippen LogP contribution in [0.1, 0.15) is 13.8 Å². The summed E-state index contributed by atoms with van der Waals surface area (Å²) in [7, 11) is -3.92. The summed E-state index contributed by atoms with van der Waals surface area (Å²) in [5, 5.41) is 0. The zero-order valence-electron chi connectivity index (χ0n) is 10.1. The number of hydrogen-bond acceptors (Lipinski definition) is 5. The third-order valence-corrected chi connectivity index (χ3v) is 3.83. The Balaban J connectivity index is 3.09. The van der Waals surface area contributed by atoms with Gasteiger partial charge < -0.3 is 11.5 Å². The number of nitrogens with one attached hydrogen (secondary N) is 1. The SMILES string of the molecule is CC(C)C(NS(=O)(=O)c1cccnc1N)C(N)=O. The van der Waals surface area contributed by atoms with E-state index in [9.17, 15) is 13.2 Å². The topological polar surface area (TPSA) is 128 Å². The lowest BCUT2D eigenvalue weighted by Gasteiger charge is -2.19. The highest BCUT2D eigenvalue weighted by Crippen LogP contribution is 2.16. The second kappa shape index (κ2) is 5.32. The fraction of sp³-hybridized carbons (Fsp3) is 0.400. The van der Waals surface area contributed by atoms with Crippen LogP contribution in [0.2, 0.25) is 0 Å². The quantitative estimate of drug-likeness (QED) is 0.662. The van der Waals surface area contributed by atoms with E-state index in [4.69, 9.17) is 11.5 Å². The fourth-order valence-electron chi connectivity index (χ4n) is 1.38. The fourth-order valence-corrected chi connectivity index (χ4v) is 2.82. The average Bonchev–Trinajstić information content (AvgIpc) is 2.25. The second-order valence-electron chi connectivity index (χ2n) is 4.13. The van der Waals surface area contributed by atoms with Crippen molar-refractivity contribution in [2.75, 3.05) is 5.73 Å². The molecule has 0 radical (unpaired) electrons. The molecular weight excluding hydrogens is 256 g/mol. The number of sulfonamides is 1. The number of rotatable bonds is 5. The maximum atomic E-state index is 12.0. The lowest BCUT2D eigenvalue weighted by molar-refractivity contribution is -0.120. The van der Waals surface area contributed by atoms with E-state index in [1.165, 1.54) is 18.3 Å². The van der Waals surface area contributed by atoms with E-state index in [1.807, 2.05) is 0 Å². The van der Waals surface area contributed by atoms with Crippen LogP contribution < -0.4 is 16.2 Å². The maximum Gasteiger partial charge on any atom is 0.244 e. The first-order chi connectivity index (χ1) is 8.25. The van der Waals surface area contributed by atoms with Gasteiger partial charge in [-0.2, -0.15) is 4.72 Å². The summed E-state index contributed by atoms with van der Waals surface area (Å²) in [4.78, 5) is 14.7. The van der Waals surface area contributed by atoms with Gasteiger partial charge in [-0.05, 0) is 18.1 Å². The van der Waals surface area contributed by atoms with Crippen molar-refractivity contribution in [3.05, 3.63) is 18.3 Å². The summed E-state index contributed by atoms with van der Waals surface area (Å²) in [6, 6.07) is 1.76. The first-order valence-electron chi connectivity index (χ1n) is 5.28. The third kappa shape index (κ3) is 3.17. The Labute approximate surface area is 106 Å². The predicted octanol–water partition coefficient (Wildman–Crippen LogP) is -0.548. The zero-order chi connectivity index (χ0) is 13.9. The molecule has 100 valence electrons. The average molecular weight is 272 g/mol. The molecule has 1 rings (SSSR count). The highest BCUT2D eigenvalue weighted by molar-refractivity contribution is 7.89. The van der Waals surface area contributed by atoms with E-state index < -0.39 is 22.0 Å². The molecule has 0 aromatic carbocycles. The number of nitrogens with two attached hydrogens (primary N) is 2. The van der Waals surface area contributed by atoms with Gasteiger partial charge in [-0.15, -0.1) is 0 Å². The molecule has 7 nitrogen and oxygen atoms in total. The number of nitrogen functional groups attached to an aromatic ring is 1. The molecule has 0 aliphatic heterocycles. The van der Waals surface area contributed by atoms with Crippen molar-refractivity contribution >= 4 is 21.7 Å². The van der Waals surface area contributed by atoms with Gasteiger partial charge in [0.2, 0.25) is 15.9 Å². The smallest absolute Gasteiger partial charge is 0.244 e. The monoisotopic (exact) mass is 272 g/mol. The van der Waals surface area contributed by atoms with Crippen LogP contribution in [0.15, 0.2) is 23.2 Å². The standard InChI is InChI=1S/C10H16N4O3S/c1-6(2)8(10(12)15)14-18(16,17)7-4-3-5-13-9(7)11/h3-6,8,14H,1-2H3,(H2,11,13)(H2,12,15). The van der Waals surface area contributed by atoms with E-state index in [2.05, 4.69) is 9.71 Å². The lowest BCUT2D eigenvalue weighted by atomic mass is 10.1. The first kappa shape index (κ1) is 14.4. The molecule has 0 aliphatic carbocycles. The Hall–Kier alpha value is -1.67. The molecule has 1 heterocycles. The van der Waals surface area contributed by atoms with E-state index in [1.54, 1.807) is 13.8 Å². The first-order valence-corrected chi connectivity index (χ1v) is 6.76. The van der Waals surface area contributed by atoms with Gasteiger partial charge in [0.05, 0.1) is 0 Å². The van der Waals surface area contributed by atoms with Crippen molar-refractivity contribution in [3.8, 4) is 0 Å². The molecule has 1 atom stereocenters. The molecular formula is C10H16N4O3S. The van der Waals surface area contributed by atoms with E-state index in [0.29, 0.717) is 0 Å². The normalized spacial score (nSPS) is 13.5. The molecule has 0 aliphatic rings. The van der Waals surface area contributed by atoms with E-state index >= 15 is 0 Å². The van der Waals surface area contributed by atoms with Crippen LogP contribution in [0.3, 0.4) is 0 Å². The maximum absolute atomic E-state index is 12.0. The molecule has 1 unspecified atom stereocenters. The summed E-state index contributed by atoms with van der Waals surface area (Å²) < 4.78 is 26.3. The van der Waals surface area contributed by atoms with E-state index in [0.717, 1.165) is 0 Å². The Morgan fingerprint density at radius 2 is 2.06 bits per heavy atom. The Morgan fingerprint density at radius 1 is 1.44 bits per heavy atom. The Morgan fingerprint density at radius 3 is 2.50 bits per heavy atom. The molecule has 0 saturated carbocycles. The second-order valence-corrected chi connectivity index (χ2v) is 5.81. The highest BCUT2D eigenvalue weighted by atomic mass is 32.2. The Kier molecular flexibility index (Phi) is 4.25. The van der Waals surface area contributed by atoms with E-state index in [-0.39, 0.29) is 16.6 Å². The molecule has 5 N–H and O–H groups in total. The minimum absolute atomic E-state index is 0.128. The van der Waals surface area contributed by atoms with Crippen molar-refractivity contribution in [1.82, 2.24) is 9.71 Å². The van der Waals surface area contributed by atoms with Gasteiger partial charge in [0.1, 0.15) is 16.8 Å². The van der Waals surface area contributed by atoms with Gasteiger partial charge >= 0.3 is 0 Å². The number of carbonyl (C=O) groups is 1. The summed E-state index contributed by atoms with van der Waals surface area (Å²) in [6.07, 6.45) is 1.38. The van der Waals surface area contributed by atoms with Crippen LogP contribution in [0.25, 0.3) is 0 Å². The van der Waals surface area contributed by atoms with Gasteiger partial charge in [-0.1, -0.05) is 13.8 Å². The number of pyridine rings is 1. The minimum Gasteiger partial charge on any atom is -0.383 e. The lowest BCUT2D eigenvalue weighted by Crippen LogP contribution is -2.47. The van der Waals surface area contributed by atoms with Gasteiger partial charge in [-0.25, -0.2) is 13.4 Å². The van der Waals surface area contributed by atoms with Crippen LogP contribution in [0, 0.1) is 5.92 Å². The molecule has 1 aromatic rings. The summed E-state index contributed by atoms with van der Waals surface area (Å²) in [5.74, 6) is -1.14. The zero-order valence-corrected chi connectivity index (χ0v) is 10.9. The predicted molar refractivity (Wildman–Crippen MR) is 66.8 cm³/mol. The number of aromatic nitrogens is 1. The van der Waals surface area contributed by atoms with Crippen molar-refractivity contribution in [1.29, 1.82) is 0 Å². The third-order valence-electron chi connectivity index (χ3n) is 2.34. The number of carbonyl (C=O) groups excluding carboxylic acids is 1. The Bertz CT molecular complexity index is 542. The van der Waals surface area contributed by atoms with Gasteiger partial charge in [0, 0.05) is 6.20 Å². The molecule has 1 amide bonds. The minimum atomic E-state index is -3.92. The van der Waals surface area contributed by atoms with Crippen LogP contribution >= 0.6 is 0 Å². The number of anilines is 1. The molecule has 8 heteroatoms. The van der Waals surface area contributed by atoms with Crippen molar-refractivity contribution in [2.45, 2.75) is 24.8 Å². The van der Waals surface area contributed by atoms with Crippen LogP contribution in [-0.4, -0.2) is 25.4 Å². The molecule has 0 fully saturated rings. The highest BCUT2D eigenvalue weighted by Gasteiger charge is 2.27. The number of primary amides is 1. The van der Waals surface area contributed by atoms with Crippen LogP contribution in [0.5, 0.6) is 0 Å². The van der Waals surface area contributed by atoms with Crippen molar-refractivity contribution in [2.24, 2.45) is 11.7 Å². The van der Waals surface area contributed by atoms with Crippen molar-refractivity contribution < 1.29 is 13.2 Å². The molecule has 1 aromatic heterocycles. The molecule has 0 saturated heterocycles. The summed E-state index contributed by atoms with van der Waals surface area (Å²) in [6.45, 7) is 3.37. The molecule has 18 heavy (non-hydrogen) atoms. The number of hydrogen-bond donors (Lipinski definition) is 3. The summed E-state index contributed by atoms with van der Waals surface area (Å²) in [5.41, 5.74) is 10.6. The van der Waals surface area contributed by atoms with Crippen molar-refractivity contribution in [3.63, 3.8) is 0 Å². The van der Waals surface area contributed by atoms with Crippen LogP contribution in [0.4, 0.5) is 5.82 Å². The molecule has 0 spiro atoms.